The van der Waals surface area contributed by atoms with Crippen molar-refractivity contribution in [3.63, 3.8) is 0 Å². The summed E-state index contributed by atoms with van der Waals surface area (Å²) in [4.78, 5) is 73.8. The Hall–Kier alpha value is -3.57. The van der Waals surface area contributed by atoms with Gasteiger partial charge in [-0.3, -0.25) is 19.3 Å². The molecule has 0 bridgehead atoms. The number of carbonyl (C=O) groups excluding carboxylic acids is 5. The molecule has 3 aliphatic rings. The second kappa shape index (κ2) is 12.5. The molecule has 220 valence electrons. The number of amides is 2. The number of nitrogens with zero attached hydrogens (tertiary/aromatic N) is 3. The fourth-order valence-corrected chi connectivity index (χ4v) is 6.67. The van der Waals surface area contributed by atoms with Gasteiger partial charge in [-0.1, -0.05) is 5.16 Å². The van der Waals surface area contributed by atoms with Gasteiger partial charge in [0.15, 0.2) is 10.8 Å². The molecule has 2 amide bonds. The van der Waals surface area contributed by atoms with E-state index in [1.165, 1.54) is 47.0 Å². The lowest BCUT2D eigenvalue weighted by Crippen LogP contribution is -2.71. The zero-order chi connectivity index (χ0) is 29.9. The molecule has 3 N–H and O–H groups in total. The predicted octanol–water partition coefficient (Wildman–Crippen LogP) is 0.994. The molecule has 14 nitrogen and oxygen atoms in total. The van der Waals surface area contributed by atoms with E-state index in [0.29, 0.717) is 16.2 Å². The molecule has 1 fully saturated rings. The molecule has 1 aromatic rings. The Balaban J connectivity index is 1.51. The number of ether oxygens (including phenoxy) is 3. The van der Waals surface area contributed by atoms with Gasteiger partial charge in [0.25, 0.3) is 11.8 Å². The maximum Gasteiger partial charge on any atom is 0.357 e. The Morgan fingerprint density at radius 2 is 2.05 bits per heavy atom. The van der Waals surface area contributed by atoms with Crippen LogP contribution in [0.15, 0.2) is 32.8 Å². The summed E-state index contributed by atoms with van der Waals surface area (Å²) in [6.07, 6.45) is 1.36. The van der Waals surface area contributed by atoms with Crippen molar-refractivity contribution in [2.75, 3.05) is 37.7 Å². The summed E-state index contributed by atoms with van der Waals surface area (Å²) in [5.41, 5.74) is 5.45. The van der Waals surface area contributed by atoms with Crippen molar-refractivity contribution in [2.45, 2.75) is 32.2 Å². The second-order valence-corrected chi connectivity index (χ2v) is 12.8. The molecule has 17 heteroatoms. The number of nitrogens with two attached hydrogens (primary N) is 1. The molecule has 4 heterocycles. The Kier molecular flexibility index (Phi) is 9.28. The number of nitrogen functional groups attached to an aromatic ring is 1. The first-order valence-corrected chi connectivity index (χ1v) is 15.0. The standard InChI is InChI=1S/C24H27N5O9S3/c1-24(2,3)22(34)38-10-37-21(33)17-11(7-39-12-5-14(30)36-6-12)8-40-20-16(19(32)29(17)20)27-18(31)15(28-35-4)13-9-41-23(25)26-13/h5,9,16,20H,6-8,10H2,1-4H3,(H2,25,26)(H,27,31)/b28-15-/t16-,20+/m1/s1. The number of aromatic nitrogens is 1. The Labute approximate surface area is 247 Å². The maximum absolute atomic E-state index is 13.3. The Morgan fingerprint density at radius 3 is 2.66 bits per heavy atom. The molecule has 2 atom stereocenters. The monoisotopic (exact) mass is 625 g/mol. The van der Waals surface area contributed by atoms with Crippen LogP contribution < -0.4 is 11.1 Å². The Morgan fingerprint density at radius 1 is 1.29 bits per heavy atom. The van der Waals surface area contributed by atoms with E-state index < -0.39 is 53.3 Å². The van der Waals surface area contributed by atoms with Crippen molar-refractivity contribution in [1.82, 2.24) is 15.2 Å². The number of thioether (sulfide) groups is 2. The number of oxime groups is 1. The van der Waals surface area contributed by atoms with Crippen LogP contribution in [0.5, 0.6) is 0 Å². The molecule has 41 heavy (non-hydrogen) atoms. The van der Waals surface area contributed by atoms with Crippen LogP contribution in [-0.4, -0.2) is 88.7 Å². The van der Waals surface area contributed by atoms with Crippen molar-refractivity contribution in [1.29, 1.82) is 0 Å². The molecule has 3 aliphatic heterocycles. The molecular weight excluding hydrogens is 598 g/mol. The molecule has 0 radical (unpaired) electrons. The van der Waals surface area contributed by atoms with Gasteiger partial charge in [-0.05, 0) is 26.3 Å². The highest BCUT2D eigenvalue weighted by molar-refractivity contribution is 8.03. The normalized spacial score (nSPS) is 20.5. The number of cyclic esters (lactones) is 1. The van der Waals surface area contributed by atoms with Crippen molar-refractivity contribution < 1.29 is 43.0 Å². The molecule has 1 aromatic heterocycles. The molecular formula is C24H27N5O9S3. The summed E-state index contributed by atoms with van der Waals surface area (Å²) in [7, 11) is 1.26. The smallest absolute Gasteiger partial charge is 0.357 e. The van der Waals surface area contributed by atoms with Crippen LogP contribution in [0.3, 0.4) is 0 Å². The molecule has 0 spiro atoms. The van der Waals surface area contributed by atoms with E-state index in [-0.39, 0.29) is 34.6 Å². The summed E-state index contributed by atoms with van der Waals surface area (Å²) < 4.78 is 15.2. The lowest BCUT2D eigenvalue weighted by atomic mass is 9.98. The summed E-state index contributed by atoms with van der Waals surface area (Å²) in [6.45, 7) is 4.46. The minimum Gasteiger partial charge on any atom is -0.457 e. The van der Waals surface area contributed by atoms with Gasteiger partial charge in [-0.25, -0.2) is 14.6 Å². The van der Waals surface area contributed by atoms with E-state index >= 15 is 0 Å². The SMILES string of the molecule is CO/N=C(\C(=O)N[C@@H]1C(=O)N2C(C(=O)OCOC(=O)C(C)(C)C)=C(CSC3=CC(=O)OC3)CS[C@@H]12)c1csc(N)n1. The molecule has 1 saturated heterocycles. The third-order valence-electron chi connectivity index (χ3n) is 5.75. The zero-order valence-corrected chi connectivity index (χ0v) is 24.9. The number of rotatable bonds is 10. The number of esters is 3. The average Bonchev–Trinajstić information content (AvgIpc) is 3.54. The third kappa shape index (κ3) is 6.84. The number of thiazole rings is 1. The minimum atomic E-state index is -0.982. The average molecular weight is 626 g/mol. The number of carbonyl (C=O) groups is 5. The topological polar surface area (TPSA) is 189 Å². The van der Waals surface area contributed by atoms with Gasteiger partial charge in [0, 0.05) is 27.9 Å². The van der Waals surface area contributed by atoms with E-state index in [4.69, 9.17) is 24.8 Å². The first kappa shape index (κ1) is 30.4. The molecule has 0 aliphatic carbocycles. The summed E-state index contributed by atoms with van der Waals surface area (Å²) in [6, 6.07) is -0.982. The zero-order valence-electron chi connectivity index (χ0n) is 22.5. The first-order valence-electron chi connectivity index (χ1n) is 12.0. The fourth-order valence-electron chi connectivity index (χ4n) is 3.73. The van der Waals surface area contributed by atoms with E-state index in [1.54, 1.807) is 20.8 Å². The number of fused-ring (bicyclic) bond motifs is 1. The van der Waals surface area contributed by atoms with Gasteiger partial charge in [-0.15, -0.1) is 34.9 Å². The predicted molar refractivity (Wildman–Crippen MR) is 150 cm³/mol. The third-order valence-corrected chi connectivity index (χ3v) is 8.86. The van der Waals surface area contributed by atoms with E-state index in [9.17, 15) is 24.0 Å². The minimum absolute atomic E-state index is 0.00699. The van der Waals surface area contributed by atoms with Crippen molar-refractivity contribution in [3.8, 4) is 0 Å². The first-order chi connectivity index (χ1) is 19.4. The quantitative estimate of drug-likeness (QED) is 0.123. The maximum atomic E-state index is 13.3. The lowest BCUT2D eigenvalue weighted by Gasteiger charge is -2.49. The summed E-state index contributed by atoms with van der Waals surface area (Å²) in [5.74, 6) is -2.55. The van der Waals surface area contributed by atoms with E-state index in [0.717, 1.165) is 11.3 Å². The molecule has 0 aromatic carbocycles. The molecule has 0 unspecified atom stereocenters. The van der Waals surface area contributed by atoms with E-state index in [1.807, 2.05) is 0 Å². The van der Waals surface area contributed by atoms with Crippen molar-refractivity contribution >= 4 is 75.4 Å². The van der Waals surface area contributed by atoms with Gasteiger partial charge in [0.1, 0.15) is 36.5 Å². The molecule has 0 saturated carbocycles. The van der Waals surface area contributed by atoms with Gasteiger partial charge >= 0.3 is 17.9 Å². The van der Waals surface area contributed by atoms with Gasteiger partial charge < -0.3 is 30.1 Å². The van der Waals surface area contributed by atoms with Gasteiger partial charge in [0.05, 0.1) is 5.41 Å². The van der Waals surface area contributed by atoms with Crippen LogP contribution in [0.2, 0.25) is 0 Å². The van der Waals surface area contributed by atoms with Crippen molar-refractivity contribution in [2.24, 2.45) is 10.6 Å². The number of hydrogen-bond acceptors (Lipinski definition) is 15. The highest BCUT2D eigenvalue weighted by atomic mass is 32.2. The van der Waals surface area contributed by atoms with Crippen LogP contribution in [0.1, 0.15) is 26.5 Å². The van der Waals surface area contributed by atoms with Crippen LogP contribution in [0, 0.1) is 5.41 Å². The van der Waals surface area contributed by atoms with Crippen LogP contribution in [-0.2, 0) is 43.0 Å². The highest BCUT2D eigenvalue weighted by Crippen LogP contribution is 2.42. The Bertz CT molecular complexity index is 1360. The number of hydrogen-bond donors (Lipinski definition) is 2. The van der Waals surface area contributed by atoms with Crippen LogP contribution >= 0.6 is 34.9 Å². The number of anilines is 1. The molecule has 4 rings (SSSR count). The second-order valence-electron chi connectivity index (χ2n) is 9.75. The highest BCUT2D eigenvalue weighted by Gasteiger charge is 2.54. The van der Waals surface area contributed by atoms with Gasteiger partial charge in [0.2, 0.25) is 6.79 Å². The van der Waals surface area contributed by atoms with Crippen LogP contribution in [0.4, 0.5) is 5.13 Å². The fraction of sp³-hybridized carbons (Fsp3) is 0.458. The van der Waals surface area contributed by atoms with Crippen LogP contribution in [0.25, 0.3) is 0 Å². The summed E-state index contributed by atoms with van der Waals surface area (Å²) in [5, 5.41) is 7.50. The number of β-lactam (4-membered cyclic amide) rings is 1. The summed E-state index contributed by atoms with van der Waals surface area (Å²) >= 11 is 3.74. The number of nitrogens with one attached hydrogen (secondary N) is 1. The van der Waals surface area contributed by atoms with Gasteiger partial charge in [-0.2, -0.15) is 0 Å². The van der Waals surface area contributed by atoms with E-state index in [2.05, 4.69) is 15.5 Å². The van der Waals surface area contributed by atoms with Crippen molar-refractivity contribution in [3.05, 3.63) is 33.3 Å². The largest absolute Gasteiger partial charge is 0.457 e. The lowest BCUT2D eigenvalue weighted by molar-refractivity contribution is -0.173.